The molecule has 2 aromatic rings. The van der Waals surface area contributed by atoms with Crippen LogP contribution in [-0.2, 0) is 16.3 Å². The summed E-state index contributed by atoms with van der Waals surface area (Å²) in [6, 6.07) is 8.59. The monoisotopic (exact) mass is 470 g/mol. The number of ether oxygens (including phenoxy) is 1. The van der Waals surface area contributed by atoms with Crippen molar-refractivity contribution in [2.75, 3.05) is 11.9 Å². The maximum atomic E-state index is 12.7. The molecule has 2 atom stereocenters. The van der Waals surface area contributed by atoms with Crippen LogP contribution in [0.15, 0.2) is 24.3 Å². The molecule has 6 nitrogen and oxygen atoms in total. The number of aromatic nitrogens is 2. The summed E-state index contributed by atoms with van der Waals surface area (Å²) in [6.45, 7) is 16.8. The molecule has 0 radical (unpaired) electrons. The number of rotatable bonds is 11. The van der Waals surface area contributed by atoms with Crippen LogP contribution < -0.4 is 11.1 Å². The average molecular weight is 471 g/mol. The van der Waals surface area contributed by atoms with Gasteiger partial charge in [-0.15, -0.1) is 0 Å². The number of anilines is 1. The molecule has 1 saturated carbocycles. The van der Waals surface area contributed by atoms with Gasteiger partial charge in [0.25, 0.3) is 0 Å². The molecular weight excluding hydrogens is 428 g/mol. The summed E-state index contributed by atoms with van der Waals surface area (Å²) in [7, 11) is -1.10. The average Bonchev–Trinajstić information content (AvgIpc) is 3.38. The van der Waals surface area contributed by atoms with Gasteiger partial charge in [-0.1, -0.05) is 45.6 Å². The smallest absolute Gasteiger partial charge is 0.241 e. The predicted octanol–water partition coefficient (Wildman–Crippen LogP) is 5.57. The highest BCUT2D eigenvalue weighted by molar-refractivity contribution is 6.76. The first kappa shape index (κ1) is 25.7. The van der Waals surface area contributed by atoms with Gasteiger partial charge in [-0.3, -0.25) is 4.79 Å². The molecule has 33 heavy (non-hydrogen) atoms. The van der Waals surface area contributed by atoms with E-state index in [1.54, 1.807) is 0 Å². The van der Waals surface area contributed by atoms with Crippen molar-refractivity contribution >= 4 is 19.7 Å². The maximum Gasteiger partial charge on any atom is 0.241 e. The van der Waals surface area contributed by atoms with E-state index in [2.05, 4.69) is 50.8 Å². The topological polar surface area (TPSA) is 82.2 Å². The van der Waals surface area contributed by atoms with Crippen molar-refractivity contribution in [2.24, 2.45) is 17.1 Å². The molecule has 1 heterocycles. The Morgan fingerprint density at radius 1 is 1.24 bits per heavy atom. The van der Waals surface area contributed by atoms with Crippen LogP contribution in [0.1, 0.15) is 44.5 Å². The number of nitrogens with one attached hydrogen (secondary N) is 1. The fraction of sp³-hybridized carbons (Fsp3) is 0.615. The summed E-state index contributed by atoms with van der Waals surface area (Å²) < 4.78 is 7.83. The first-order chi connectivity index (χ1) is 15.4. The third-order valence-electron chi connectivity index (χ3n) is 6.87. The van der Waals surface area contributed by atoms with E-state index in [9.17, 15) is 4.79 Å². The largest absolute Gasteiger partial charge is 0.360 e. The second-order valence-electron chi connectivity index (χ2n) is 11.5. The van der Waals surface area contributed by atoms with E-state index in [1.165, 1.54) is 12.8 Å². The normalized spacial score (nSPS) is 17.0. The fourth-order valence-corrected chi connectivity index (χ4v) is 5.05. The predicted molar refractivity (Wildman–Crippen MR) is 139 cm³/mol. The highest BCUT2D eigenvalue weighted by Gasteiger charge is 2.40. The molecule has 1 fully saturated rings. The molecule has 0 aliphatic heterocycles. The number of hydrogen-bond acceptors (Lipinski definition) is 4. The Hall–Kier alpha value is -1.96. The molecule has 1 aliphatic rings. The number of amides is 1. The minimum absolute atomic E-state index is 0.116. The Labute approximate surface area is 200 Å². The van der Waals surface area contributed by atoms with Gasteiger partial charge in [-0.25, -0.2) is 4.68 Å². The first-order valence-corrected chi connectivity index (χ1v) is 15.9. The van der Waals surface area contributed by atoms with Crippen LogP contribution in [-0.4, -0.2) is 36.4 Å². The fourth-order valence-electron chi connectivity index (χ4n) is 4.30. The van der Waals surface area contributed by atoms with E-state index in [1.807, 2.05) is 35.9 Å². The zero-order chi connectivity index (χ0) is 24.4. The lowest BCUT2D eigenvalue weighted by atomic mass is 9.89. The molecule has 0 saturated heterocycles. The maximum absolute atomic E-state index is 12.7. The summed E-state index contributed by atoms with van der Waals surface area (Å²) in [6.07, 6.45) is 3.49. The van der Waals surface area contributed by atoms with Crippen molar-refractivity contribution in [3.63, 3.8) is 0 Å². The Morgan fingerprint density at radius 3 is 2.45 bits per heavy atom. The minimum Gasteiger partial charge on any atom is -0.360 e. The van der Waals surface area contributed by atoms with Gasteiger partial charge in [0, 0.05) is 31.6 Å². The van der Waals surface area contributed by atoms with E-state index in [4.69, 9.17) is 10.5 Å². The Morgan fingerprint density at radius 2 is 1.88 bits per heavy atom. The van der Waals surface area contributed by atoms with Crippen LogP contribution in [0, 0.1) is 25.2 Å². The van der Waals surface area contributed by atoms with E-state index >= 15 is 0 Å². The van der Waals surface area contributed by atoms with Crippen molar-refractivity contribution in [2.45, 2.75) is 85.4 Å². The van der Waals surface area contributed by atoms with Gasteiger partial charge in [0.15, 0.2) is 0 Å². The molecule has 0 spiro atoms. The Bertz CT molecular complexity index is 958. The lowest BCUT2D eigenvalue weighted by molar-refractivity contribution is -0.118. The quantitative estimate of drug-likeness (QED) is 0.332. The van der Waals surface area contributed by atoms with Crippen molar-refractivity contribution in [1.29, 1.82) is 0 Å². The Kier molecular flexibility index (Phi) is 7.86. The van der Waals surface area contributed by atoms with Gasteiger partial charge in [-0.2, -0.15) is 5.10 Å². The number of nitrogens with zero attached hydrogens (tertiary/aromatic N) is 2. The number of carbonyl (C=O) groups is 1. The number of benzene rings is 1. The molecule has 0 unspecified atom stereocenters. The van der Waals surface area contributed by atoms with Crippen molar-refractivity contribution in [3.8, 4) is 11.1 Å². The molecule has 0 bridgehead atoms. The van der Waals surface area contributed by atoms with Gasteiger partial charge in [0.2, 0.25) is 5.91 Å². The number of carbonyl (C=O) groups excluding carboxylic acids is 1. The summed E-state index contributed by atoms with van der Waals surface area (Å²) in [4.78, 5) is 12.7. The van der Waals surface area contributed by atoms with Crippen molar-refractivity contribution in [1.82, 2.24) is 9.78 Å². The van der Waals surface area contributed by atoms with E-state index < -0.39 is 14.1 Å². The molecule has 3 rings (SSSR count). The van der Waals surface area contributed by atoms with E-state index in [0.29, 0.717) is 12.1 Å². The van der Waals surface area contributed by atoms with E-state index in [0.717, 1.165) is 47.3 Å². The lowest BCUT2D eigenvalue weighted by Crippen LogP contribution is -2.41. The molecular formula is C26H42N4O2Si. The van der Waals surface area contributed by atoms with Crippen molar-refractivity contribution in [3.05, 3.63) is 35.7 Å². The van der Waals surface area contributed by atoms with Gasteiger partial charge in [-0.05, 0) is 68.2 Å². The summed E-state index contributed by atoms with van der Waals surface area (Å²) in [5.74, 6) is 0.0519. The molecule has 182 valence electrons. The SMILES string of the molecule is Cc1nn(COCC[Si](C)(C)C)c(C)c1-c1ccc(NC(=O)[C@@H](N)[C@@H](C)CC2(C)CC2)cc1. The highest BCUT2D eigenvalue weighted by atomic mass is 28.3. The Balaban J connectivity index is 1.60. The summed E-state index contributed by atoms with van der Waals surface area (Å²) >= 11 is 0. The molecule has 7 heteroatoms. The number of nitrogens with two attached hydrogens (primary N) is 1. The third kappa shape index (κ3) is 7.01. The first-order valence-electron chi connectivity index (χ1n) is 12.2. The zero-order valence-electron chi connectivity index (χ0n) is 21.5. The molecule has 1 aromatic heterocycles. The van der Waals surface area contributed by atoms with Crippen LogP contribution in [0.2, 0.25) is 25.7 Å². The number of hydrogen-bond donors (Lipinski definition) is 2. The standard InChI is InChI=1S/C26H42N4O2Si/c1-18(16-26(4)12-13-26)24(27)25(31)28-22-10-8-21(9-11-22)23-19(2)29-30(20(23)3)17-32-14-15-33(5,6)7/h8-11,18,24H,12-17,27H2,1-7H3,(H,28,31)/t18-,24-/m0/s1. The lowest BCUT2D eigenvalue weighted by Gasteiger charge is -2.22. The van der Waals surface area contributed by atoms with Crippen LogP contribution >= 0.6 is 0 Å². The van der Waals surface area contributed by atoms with Crippen LogP contribution in [0.25, 0.3) is 11.1 Å². The molecule has 3 N–H and O–H groups in total. The van der Waals surface area contributed by atoms with Gasteiger partial charge < -0.3 is 15.8 Å². The second kappa shape index (κ2) is 10.1. The highest BCUT2D eigenvalue weighted by Crippen LogP contribution is 2.50. The number of aryl methyl sites for hydroxylation is 1. The van der Waals surface area contributed by atoms with Crippen LogP contribution in [0.3, 0.4) is 0 Å². The van der Waals surface area contributed by atoms with Gasteiger partial charge in [0.05, 0.1) is 11.7 Å². The minimum atomic E-state index is -1.10. The third-order valence-corrected chi connectivity index (χ3v) is 8.57. The zero-order valence-corrected chi connectivity index (χ0v) is 22.5. The van der Waals surface area contributed by atoms with Gasteiger partial charge in [0.1, 0.15) is 6.73 Å². The van der Waals surface area contributed by atoms with E-state index in [-0.39, 0.29) is 11.8 Å². The molecule has 1 aliphatic carbocycles. The summed E-state index contributed by atoms with van der Waals surface area (Å²) in [5, 5.41) is 7.67. The van der Waals surface area contributed by atoms with Crippen molar-refractivity contribution < 1.29 is 9.53 Å². The van der Waals surface area contributed by atoms with Crippen LogP contribution in [0.5, 0.6) is 0 Å². The van der Waals surface area contributed by atoms with Gasteiger partial charge >= 0.3 is 0 Å². The molecule has 1 amide bonds. The molecule has 1 aromatic carbocycles. The van der Waals surface area contributed by atoms with Crippen LogP contribution in [0.4, 0.5) is 5.69 Å². The summed E-state index contributed by atoms with van der Waals surface area (Å²) in [5.41, 5.74) is 11.7. The second-order valence-corrected chi connectivity index (χ2v) is 17.1.